The number of anilines is 1. The predicted octanol–water partition coefficient (Wildman–Crippen LogP) is 3.00. The first kappa shape index (κ1) is 18.2. The van der Waals surface area contributed by atoms with Crippen molar-refractivity contribution in [2.24, 2.45) is 0 Å². The first-order valence-electron chi connectivity index (χ1n) is 8.51. The van der Waals surface area contributed by atoms with Gasteiger partial charge < -0.3 is 15.3 Å². The van der Waals surface area contributed by atoms with E-state index in [1.807, 2.05) is 4.90 Å². The molecule has 2 heterocycles. The topological polar surface area (TPSA) is 65.5 Å². The summed E-state index contributed by atoms with van der Waals surface area (Å²) in [6, 6.07) is 3.49. The van der Waals surface area contributed by atoms with Crippen molar-refractivity contribution in [3.8, 4) is 0 Å². The zero-order valence-electron chi connectivity index (χ0n) is 14.2. The van der Waals surface area contributed by atoms with Crippen LogP contribution in [0.5, 0.6) is 0 Å². The van der Waals surface area contributed by atoms with E-state index in [0.29, 0.717) is 30.8 Å². The summed E-state index contributed by atoms with van der Waals surface area (Å²) in [7, 11) is 0. The summed E-state index contributed by atoms with van der Waals surface area (Å²) in [4.78, 5) is 18.7. The van der Waals surface area contributed by atoms with Crippen LogP contribution in [0.3, 0.4) is 0 Å². The number of hydrogen-bond acceptors (Lipinski definition) is 4. The monoisotopic (exact) mass is 329 g/mol. The zero-order chi connectivity index (χ0) is 17.4. The van der Waals surface area contributed by atoms with Crippen molar-refractivity contribution in [3.63, 3.8) is 0 Å². The van der Waals surface area contributed by atoms with Crippen LogP contribution in [0.25, 0.3) is 0 Å². The SMILES string of the molecule is C=CCC(O)(CC=C)CNc1cc(C(=O)N2CCCCC2)ccn1. The number of nitrogens with zero attached hydrogens (tertiary/aromatic N) is 2. The van der Waals surface area contributed by atoms with Gasteiger partial charge in [-0.15, -0.1) is 13.2 Å². The summed E-state index contributed by atoms with van der Waals surface area (Å²) in [6.07, 6.45) is 9.24. The molecule has 0 unspecified atom stereocenters. The fourth-order valence-corrected chi connectivity index (χ4v) is 2.96. The Hall–Kier alpha value is -2.14. The predicted molar refractivity (Wildman–Crippen MR) is 97.1 cm³/mol. The van der Waals surface area contributed by atoms with Crippen LogP contribution in [0.1, 0.15) is 42.5 Å². The third-order valence-electron chi connectivity index (χ3n) is 4.30. The standard InChI is InChI=1S/C19H27N3O2/c1-3-9-19(24,10-4-2)15-21-17-14-16(8-11-20-17)18(23)22-12-6-5-7-13-22/h3-4,8,11,14,24H,1-2,5-7,9-10,12-13,15H2,(H,20,21). The average molecular weight is 329 g/mol. The lowest BCUT2D eigenvalue weighted by Crippen LogP contribution is -2.36. The van der Waals surface area contributed by atoms with Crippen LogP contribution in [0.15, 0.2) is 43.6 Å². The van der Waals surface area contributed by atoms with Gasteiger partial charge in [-0.1, -0.05) is 12.2 Å². The Balaban J connectivity index is 2.02. The van der Waals surface area contributed by atoms with Crippen molar-refractivity contribution in [2.45, 2.75) is 37.7 Å². The number of rotatable bonds is 8. The van der Waals surface area contributed by atoms with Gasteiger partial charge in [0.05, 0.1) is 5.60 Å². The number of hydrogen-bond donors (Lipinski definition) is 2. The first-order chi connectivity index (χ1) is 11.6. The Labute approximate surface area is 144 Å². The fraction of sp³-hybridized carbons (Fsp3) is 0.474. The number of aromatic nitrogens is 1. The minimum Gasteiger partial charge on any atom is -0.387 e. The number of carbonyl (C=O) groups excluding carboxylic acids is 1. The van der Waals surface area contributed by atoms with Gasteiger partial charge >= 0.3 is 0 Å². The maximum Gasteiger partial charge on any atom is 0.254 e. The Morgan fingerprint density at radius 3 is 2.58 bits per heavy atom. The third-order valence-corrected chi connectivity index (χ3v) is 4.30. The number of piperidine rings is 1. The summed E-state index contributed by atoms with van der Waals surface area (Å²) in [6.45, 7) is 9.33. The van der Waals surface area contributed by atoms with Gasteiger partial charge in [-0.25, -0.2) is 4.98 Å². The highest BCUT2D eigenvalue weighted by Crippen LogP contribution is 2.19. The van der Waals surface area contributed by atoms with E-state index in [9.17, 15) is 9.90 Å². The zero-order valence-corrected chi connectivity index (χ0v) is 14.2. The minimum atomic E-state index is -0.946. The number of aliphatic hydroxyl groups is 1. The summed E-state index contributed by atoms with van der Waals surface area (Å²) < 4.78 is 0. The normalized spacial score (nSPS) is 15.0. The number of likely N-dealkylation sites (tertiary alicyclic amines) is 1. The highest BCUT2D eigenvalue weighted by atomic mass is 16.3. The maximum absolute atomic E-state index is 12.6. The van der Waals surface area contributed by atoms with Gasteiger partial charge in [0.1, 0.15) is 5.82 Å². The second-order valence-electron chi connectivity index (χ2n) is 6.35. The third kappa shape index (κ3) is 4.93. The lowest BCUT2D eigenvalue weighted by molar-refractivity contribution is 0.0599. The number of carbonyl (C=O) groups is 1. The molecule has 1 aliphatic heterocycles. The van der Waals surface area contributed by atoms with Gasteiger partial charge in [-0.05, 0) is 44.2 Å². The molecule has 2 N–H and O–H groups in total. The van der Waals surface area contributed by atoms with Crippen molar-refractivity contribution in [2.75, 3.05) is 25.0 Å². The van der Waals surface area contributed by atoms with Crippen LogP contribution in [-0.4, -0.2) is 46.1 Å². The van der Waals surface area contributed by atoms with Crippen molar-refractivity contribution in [1.29, 1.82) is 0 Å². The molecule has 0 saturated carbocycles. The van der Waals surface area contributed by atoms with Gasteiger partial charge in [-0.3, -0.25) is 4.79 Å². The quantitative estimate of drug-likeness (QED) is 0.720. The molecule has 1 fully saturated rings. The summed E-state index contributed by atoms with van der Waals surface area (Å²) >= 11 is 0. The summed E-state index contributed by atoms with van der Waals surface area (Å²) in [5.74, 6) is 0.636. The van der Waals surface area contributed by atoms with Crippen LogP contribution in [0, 0.1) is 0 Å². The Bertz CT molecular complexity index is 570. The van der Waals surface area contributed by atoms with E-state index in [2.05, 4.69) is 23.5 Å². The molecule has 0 aliphatic carbocycles. The lowest BCUT2D eigenvalue weighted by Gasteiger charge is -2.27. The van der Waals surface area contributed by atoms with E-state index in [4.69, 9.17) is 0 Å². The molecule has 5 heteroatoms. The average Bonchev–Trinajstić information content (AvgIpc) is 2.61. The second-order valence-corrected chi connectivity index (χ2v) is 6.35. The molecule has 0 spiro atoms. The Morgan fingerprint density at radius 2 is 1.96 bits per heavy atom. The molecule has 1 aromatic rings. The van der Waals surface area contributed by atoms with Gasteiger partial charge in [0, 0.05) is 31.4 Å². The molecule has 130 valence electrons. The van der Waals surface area contributed by atoms with E-state index in [0.717, 1.165) is 25.9 Å². The molecule has 1 aliphatic rings. The molecule has 0 aromatic carbocycles. The van der Waals surface area contributed by atoms with Gasteiger partial charge in [0.15, 0.2) is 0 Å². The molecule has 1 aromatic heterocycles. The van der Waals surface area contributed by atoms with Gasteiger partial charge in [0.2, 0.25) is 0 Å². The smallest absolute Gasteiger partial charge is 0.254 e. The summed E-state index contributed by atoms with van der Waals surface area (Å²) in [5, 5.41) is 13.7. The highest BCUT2D eigenvalue weighted by Gasteiger charge is 2.24. The number of amides is 1. The molecular formula is C19H27N3O2. The number of pyridine rings is 1. The van der Waals surface area contributed by atoms with Gasteiger partial charge in [-0.2, -0.15) is 0 Å². The summed E-state index contributed by atoms with van der Waals surface area (Å²) in [5.41, 5.74) is -0.316. The Morgan fingerprint density at radius 1 is 1.29 bits per heavy atom. The van der Waals surface area contributed by atoms with Crippen LogP contribution in [-0.2, 0) is 0 Å². The molecule has 1 amide bonds. The molecule has 0 bridgehead atoms. The van der Waals surface area contributed by atoms with Gasteiger partial charge in [0.25, 0.3) is 5.91 Å². The molecule has 24 heavy (non-hydrogen) atoms. The molecule has 5 nitrogen and oxygen atoms in total. The van der Waals surface area contributed by atoms with Crippen molar-refractivity contribution in [1.82, 2.24) is 9.88 Å². The fourth-order valence-electron chi connectivity index (χ4n) is 2.96. The molecule has 0 atom stereocenters. The molecule has 1 saturated heterocycles. The maximum atomic E-state index is 12.6. The lowest BCUT2D eigenvalue weighted by atomic mass is 9.95. The highest BCUT2D eigenvalue weighted by molar-refractivity contribution is 5.94. The van der Waals surface area contributed by atoms with Crippen LogP contribution in [0.4, 0.5) is 5.82 Å². The van der Waals surface area contributed by atoms with Crippen molar-refractivity contribution >= 4 is 11.7 Å². The van der Waals surface area contributed by atoms with Crippen LogP contribution in [0.2, 0.25) is 0 Å². The van der Waals surface area contributed by atoms with E-state index < -0.39 is 5.60 Å². The number of nitrogens with one attached hydrogen (secondary N) is 1. The van der Waals surface area contributed by atoms with E-state index in [1.165, 1.54) is 6.42 Å². The second kappa shape index (κ2) is 8.64. The van der Waals surface area contributed by atoms with Crippen molar-refractivity contribution in [3.05, 3.63) is 49.2 Å². The molecule has 0 radical (unpaired) electrons. The van der Waals surface area contributed by atoms with E-state index in [1.54, 1.807) is 30.5 Å². The Kier molecular flexibility index (Phi) is 6.55. The van der Waals surface area contributed by atoms with E-state index >= 15 is 0 Å². The molecule has 2 rings (SSSR count). The van der Waals surface area contributed by atoms with E-state index in [-0.39, 0.29) is 5.91 Å². The molecular weight excluding hydrogens is 302 g/mol. The van der Waals surface area contributed by atoms with Crippen LogP contribution >= 0.6 is 0 Å². The minimum absolute atomic E-state index is 0.0487. The van der Waals surface area contributed by atoms with Crippen molar-refractivity contribution < 1.29 is 9.90 Å². The largest absolute Gasteiger partial charge is 0.387 e. The first-order valence-corrected chi connectivity index (χ1v) is 8.51. The van der Waals surface area contributed by atoms with Crippen LogP contribution < -0.4 is 5.32 Å².